The van der Waals surface area contributed by atoms with Crippen molar-refractivity contribution < 1.29 is 4.79 Å². The minimum atomic E-state index is 0.183. The van der Waals surface area contributed by atoms with Gasteiger partial charge in [-0.2, -0.15) is 0 Å². The van der Waals surface area contributed by atoms with Crippen molar-refractivity contribution in [3.8, 4) is 0 Å². The summed E-state index contributed by atoms with van der Waals surface area (Å²) in [5, 5.41) is 3.38. The van der Waals surface area contributed by atoms with E-state index >= 15 is 0 Å². The van der Waals surface area contributed by atoms with E-state index in [2.05, 4.69) is 25.2 Å². The molecule has 1 saturated heterocycles. The lowest BCUT2D eigenvalue weighted by Gasteiger charge is -2.32. The van der Waals surface area contributed by atoms with Crippen molar-refractivity contribution in [2.45, 2.75) is 39.5 Å². The van der Waals surface area contributed by atoms with Gasteiger partial charge >= 0.3 is 0 Å². The normalized spacial score (nSPS) is 31.2. The van der Waals surface area contributed by atoms with Crippen molar-refractivity contribution in [3.63, 3.8) is 0 Å². The van der Waals surface area contributed by atoms with Gasteiger partial charge in [0.05, 0.1) is 0 Å². The third kappa shape index (κ3) is 2.49. The highest BCUT2D eigenvalue weighted by atomic mass is 16.1. The number of rotatable bonds is 1. The molecule has 84 valence electrons. The Hall–Kier alpha value is -0.630. The van der Waals surface area contributed by atoms with Crippen LogP contribution in [0.1, 0.15) is 39.5 Å². The zero-order valence-corrected chi connectivity index (χ0v) is 9.81. The van der Waals surface area contributed by atoms with Crippen LogP contribution in [-0.4, -0.2) is 18.9 Å². The van der Waals surface area contributed by atoms with E-state index in [1.165, 1.54) is 12.8 Å². The molecule has 0 aromatic rings. The highest BCUT2D eigenvalue weighted by molar-refractivity contribution is 5.97. The SMILES string of the molecule is CC1(C)CC=C(C2CCCNC2)C(=O)C1. The van der Waals surface area contributed by atoms with Gasteiger partial charge in [-0.3, -0.25) is 4.79 Å². The van der Waals surface area contributed by atoms with E-state index in [1.54, 1.807) is 0 Å². The number of hydrogen-bond donors (Lipinski definition) is 1. The summed E-state index contributed by atoms with van der Waals surface area (Å²) >= 11 is 0. The first kappa shape index (κ1) is 10.9. The van der Waals surface area contributed by atoms with Gasteiger partial charge in [0.25, 0.3) is 0 Å². The van der Waals surface area contributed by atoms with E-state index in [-0.39, 0.29) is 5.41 Å². The van der Waals surface area contributed by atoms with Gasteiger partial charge in [0.1, 0.15) is 0 Å². The predicted octanol–water partition coefficient (Wildman–Crippen LogP) is 2.30. The number of piperidine rings is 1. The average Bonchev–Trinajstić information content (AvgIpc) is 2.17. The summed E-state index contributed by atoms with van der Waals surface area (Å²) in [4.78, 5) is 12.0. The Morgan fingerprint density at radius 3 is 2.87 bits per heavy atom. The summed E-state index contributed by atoms with van der Waals surface area (Å²) in [6, 6.07) is 0. The number of nitrogens with one attached hydrogen (secondary N) is 1. The molecule has 1 atom stereocenters. The summed E-state index contributed by atoms with van der Waals surface area (Å²) in [6.45, 7) is 6.47. The molecule has 0 spiro atoms. The van der Waals surface area contributed by atoms with Crippen LogP contribution in [0.5, 0.6) is 0 Å². The molecule has 0 aromatic carbocycles. The molecule has 15 heavy (non-hydrogen) atoms. The van der Waals surface area contributed by atoms with Gasteiger partial charge < -0.3 is 5.32 Å². The van der Waals surface area contributed by atoms with Crippen molar-refractivity contribution in [3.05, 3.63) is 11.6 Å². The van der Waals surface area contributed by atoms with Crippen LogP contribution in [-0.2, 0) is 4.79 Å². The summed E-state index contributed by atoms with van der Waals surface area (Å²) in [6.07, 6.45) is 6.38. The van der Waals surface area contributed by atoms with Crippen molar-refractivity contribution >= 4 is 5.78 Å². The predicted molar refractivity (Wildman–Crippen MR) is 61.7 cm³/mol. The molecule has 2 rings (SSSR count). The molecule has 2 heteroatoms. The molecule has 0 aromatic heterocycles. The van der Waals surface area contributed by atoms with Crippen LogP contribution in [0.4, 0.5) is 0 Å². The van der Waals surface area contributed by atoms with Crippen LogP contribution in [0.15, 0.2) is 11.6 Å². The Labute approximate surface area is 92.1 Å². The van der Waals surface area contributed by atoms with Crippen LogP contribution >= 0.6 is 0 Å². The third-order valence-corrected chi connectivity index (χ3v) is 3.57. The van der Waals surface area contributed by atoms with Gasteiger partial charge in [-0.05, 0) is 42.7 Å². The molecule has 2 nitrogen and oxygen atoms in total. The van der Waals surface area contributed by atoms with Gasteiger partial charge in [0.2, 0.25) is 0 Å². The van der Waals surface area contributed by atoms with Crippen molar-refractivity contribution in [1.29, 1.82) is 0 Å². The van der Waals surface area contributed by atoms with E-state index in [9.17, 15) is 4.79 Å². The quantitative estimate of drug-likeness (QED) is 0.715. The van der Waals surface area contributed by atoms with Crippen molar-refractivity contribution in [1.82, 2.24) is 5.32 Å². The minimum Gasteiger partial charge on any atom is -0.316 e. The standard InChI is InChI=1S/C13H21NO/c1-13(2)6-5-11(12(15)8-13)10-4-3-7-14-9-10/h5,10,14H,3-4,6-9H2,1-2H3. The Balaban J connectivity index is 2.08. The summed E-state index contributed by atoms with van der Waals surface area (Å²) in [5.41, 5.74) is 1.30. The summed E-state index contributed by atoms with van der Waals surface area (Å²) in [7, 11) is 0. The molecule has 0 saturated carbocycles. The molecule has 1 aliphatic heterocycles. The Morgan fingerprint density at radius 1 is 1.47 bits per heavy atom. The monoisotopic (exact) mass is 207 g/mol. The number of Topliss-reactive ketones (excluding diaryl/α,β-unsaturated/α-hetero) is 1. The molecule has 0 radical (unpaired) electrons. The topological polar surface area (TPSA) is 29.1 Å². The first-order chi connectivity index (χ1) is 7.08. The fraction of sp³-hybridized carbons (Fsp3) is 0.769. The molecule has 1 unspecified atom stereocenters. The summed E-state index contributed by atoms with van der Waals surface area (Å²) < 4.78 is 0. The van der Waals surface area contributed by atoms with Crippen LogP contribution in [0, 0.1) is 11.3 Å². The molecule has 1 N–H and O–H groups in total. The Morgan fingerprint density at radius 2 is 2.27 bits per heavy atom. The lowest BCUT2D eigenvalue weighted by Crippen LogP contribution is -2.35. The van der Waals surface area contributed by atoms with Gasteiger partial charge in [-0.15, -0.1) is 0 Å². The largest absolute Gasteiger partial charge is 0.316 e. The van der Waals surface area contributed by atoms with Gasteiger partial charge in [0.15, 0.2) is 5.78 Å². The van der Waals surface area contributed by atoms with Crippen LogP contribution in [0.25, 0.3) is 0 Å². The number of carbonyl (C=O) groups excluding carboxylic acids is 1. The number of allylic oxidation sites excluding steroid dienone is 1. The number of carbonyl (C=O) groups is 1. The molecule has 0 bridgehead atoms. The second-order valence-corrected chi connectivity index (χ2v) is 5.67. The highest BCUT2D eigenvalue weighted by Crippen LogP contribution is 2.35. The second kappa shape index (κ2) is 4.09. The van der Waals surface area contributed by atoms with Crippen molar-refractivity contribution in [2.75, 3.05) is 13.1 Å². The van der Waals surface area contributed by atoms with E-state index in [4.69, 9.17) is 0 Å². The average molecular weight is 207 g/mol. The Bertz CT molecular complexity index is 285. The Kier molecular flexibility index (Phi) is 2.96. The van der Waals surface area contributed by atoms with Crippen LogP contribution < -0.4 is 5.32 Å². The maximum absolute atomic E-state index is 12.0. The van der Waals surface area contributed by atoms with Gasteiger partial charge in [-0.25, -0.2) is 0 Å². The van der Waals surface area contributed by atoms with Crippen molar-refractivity contribution in [2.24, 2.45) is 11.3 Å². The maximum atomic E-state index is 12.0. The molecular formula is C13H21NO. The van der Waals surface area contributed by atoms with E-state index < -0.39 is 0 Å². The van der Waals surface area contributed by atoms with Gasteiger partial charge in [-0.1, -0.05) is 19.9 Å². The fourth-order valence-corrected chi connectivity index (χ4v) is 2.62. The number of hydrogen-bond acceptors (Lipinski definition) is 2. The van der Waals surface area contributed by atoms with E-state index in [0.29, 0.717) is 11.7 Å². The minimum absolute atomic E-state index is 0.183. The molecule has 1 heterocycles. The first-order valence-electron chi connectivity index (χ1n) is 6.02. The molecule has 1 aliphatic carbocycles. The lowest BCUT2D eigenvalue weighted by molar-refractivity contribution is -0.118. The summed E-state index contributed by atoms with van der Waals surface area (Å²) in [5.74, 6) is 0.877. The van der Waals surface area contributed by atoms with E-state index in [1.807, 2.05) is 0 Å². The third-order valence-electron chi connectivity index (χ3n) is 3.57. The van der Waals surface area contributed by atoms with Crippen LogP contribution in [0.2, 0.25) is 0 Å². The molecular weight excluding hydrogens is 186 g/mol. The van der Waals surface area contributed by atoms with E-state index in [0.717, 1.165) is 31.5 Å². The zero-order chi connectivity index (χ0) is 10.9. The number of ketones is 1. The maximum Gasteiger partial charge on any atom is 0.159 e. The molecule has 0 amide bonds. The van der Waals surface area contributed by atoms with Crippen LogP contribution in [0.3, 0.4) is 0 Å². The molecule has 2 aliphatic rings. The second-order valence-electron chi connectivity index (χ2n) is 5.67. The lowest BCUT2D eigenvalue weighted by atomic mass is 9.74. The fourth-order valence-electron chi connectivity index (χ4n) is 2.62. The first-order valence-corrected chi connectivity index (χ1v) is 6.02. The smallest absolute Gasteiger partial charge is 0.159 e. The molecule has 1 fully saturated rings. The zero-order valence-electron chi connectivity index (χ0n) is 9.81. The highest BCUT2D eigenvalue weighted by Gasteiger charge is 2.31. The van der Waals surface area contributed by atoms with Gasteiger partial charge in [0, 0.05) is 13.0 Å².